The van der Waals surface area contributed by atoms with Crippen molar-refractivity contribution in [1.29, 1.82) is 0 Å². The second-order valence-corrected chi connectivity index (χ2v) is 5.04. The number of aryl methyl sites for hydroxylation is 1. The Morgan fingerprint density at radius 1 is 1.47 bits per heavy atom. The summed E-state index contributed by atoms with van der Waals surface area (Å²) in [5.41, 5.74) is 2.19. The normalized spacial score (nSPS) is 11.8. The summed E-state index contributed by atoms with van der Waals surface area (Å²) in [6, 6.07) is 5.88. The van der Waals surface area contributed by atoms with Crippen molar-refractivity contribution in [2.75, 3.05) is 7.11 Å². The summed E-state index contributed by atoms with van der Waals surface area (Å²) in [6.45, 7) is 6.13. The van der Waals surface area contributed by atoms with Crippen LogP contribution in [0.15, 0.2) is 24.4 Å². The molecule has 2 aromatic heterocycles. The largest absolute Gasteiger partial charge is 0.468 e. The summed E-state index contributed by atoms with van der Waals surface area (Å²) >= 11 is 0. The molecule has 0 atom stereocenters. The van der Waals surface area contributed by atoms with Gasteiger partial charge in [-0.3, -0.25) is 10.1 Å². The number of carbonyl (C=O) groups excluding carboxylic acids is 1. The molecule has 0 bridgehead atoms. The fourth-order valence-corrected chi connectivity index (χ4v) is 2.01. The van der Waals surface area contributed by atoms with E-state index in [0.29, 0.717) is 6.54 Å². The molecule has 0 aliphatic rings. The van der Waals surface area contributed by atoms with Crippen molar-refractivity contribution < 1.29 is 9.53 Å². The van der Waals surface area contributed by atoms with E-state index in [4.69, 9.17) is 4.74 Å². The van der Waals surface area contributed by atoms with E-state index < -0.39 is 5.54 Å². The highest BCUT2D eigenvalue weighted by atomic mass is 16.5. The van der Waals surface area contributed by atoms with E-state index in [1.165, 1.54) is 7.11 Å². The predicted molar refractivity (Wildman–Crippen MR) is 72.9 cm³/mol. The van der Waals surface area contributed by atoms with Crippen molar-refractivity contribution in [2.24, 2.45) is 0 Å². The molecule has 0 aromatic carbocycles. The topological polar surface area (TPSA) is 55.6 Å². The molecule has 0 radical (unpaired) electrons. The molecule has 2 rings (SSSR count). The van der Waals surface area contributed by atoms with Gasteiger partial charge in [0.05, 0.1) is 18.5 Å². The molecule has 0 amide bonds. The Morgan fingerprint density at radius 3 is 2.89 bits per heavy atom. The number of nitrogens with one attached hydrogen (secondary N) is 1. The molecule has 0 unspecified atom stereocenters. The first kappa shape index (κ1) is 13.5. The average Bonchev–Trinajstić information content (AvgIpc) is 2.71. The smallest absolute Gasteiger partial charge is 0.325 e. The van der Waals surface area contributed by atoms with Crippen LogP contribution in [0.2, 0.25) is 0 Å². The van der Waals surface area contributed by atoms with Crippen LogP contribution >= 0.6 is 0 Å². The SMILES string of the molecule is COC(=O)C(C)(C)NCc1c(C)nc2ccccn12. The van der Waals surface area contributed by atoms with Gasteiger partial charge >= 0.3 is 5.97 Å². The molecule has 102 valence electrons. The highest BCUT2D eigenvalue weighted by Gasteiger charge is 2.28. The molecule has 19 heavy (non-hydrogen) atoms. The number of fused-ring (bicyclic) bond motifs is 1. The number of aromatic nitrogens is 2. The third-order valence-corrected chi connectivity index (χ3v) is 3.22. The van der Waals surface area contributed by atoms with E-state index in [2.05, 4.69) is 10.3 Å². The monoisotopic (exact) mass is 261 g/mol. The van der Waals surface area contributed by atoms with Gasteiger partial charge in [-0.15, -0.1) is 0 Å². The van der Waals surface area contributed by atoms with E-state index in [0.717, 1.165) is 17.0 Å². The quantitative estimate of drug-likeness (QED) is 0.851. The van der Waals surface area contributed by atoms with Crippen molar-refractivity contribution in [3.05, 3.63) is 35.8 Å². The van der Waals surface area contributed by atoms with E-state index >= 15 is 0 Å². The molecule has 1 N–H and O–H groups in total. The van der Waals surface area contributed by atoms with E-state index in [1.807, 2.05) is 35.7 Å². The zero-order chi connectivity index (χ0) is 14.0. The Kier molecular flexibility index (Phi) is 3.57. The summed E-state index contributed by atoms with van der Waals surface area (Å²) in [6.07, 6.45) is 1.97. The minimum Gasteiger partial charge on any atom is -0.468 e. The number of rotatable bonds is 4. The zero-order valence-electron chi connectivity index (χ0n) is 11.7. The number of pyridine rings is 1. The number of hydrogen-bond acceptors (Lipinski definition) is 4. The average molecular weight is 261 g/mol. The van der Waals surface area contributed by atoms with Gasteiger partial charge in [-0.2, -0.15) is 0 Å². The van der Waals surface area contributed by atoms with Crippen molar-refractivity contribution >= 4 is 11.6 Å². The molecular weight excluding hydrogens is 242 g/mol. The van der Waals surface area contributed by atoms with Crippen molar-refractivity contribution in [3.8, 4) is 0 Å². The minimum atomic E-state index is -0.722. The molecule has 2 aromatic rings. The van der Waals surface area contributed by atoms with Gasteiger partial charge in [0.15, 0.2) is 0 Å². The Labute approximate surface area is 112 Å². The van der Waals surface area contributed by atoms with Crippen LogP contribution in [0.3, 0.4) is 0 Å². The Bertz CT molecular complexity index is 602. The molecule has 0 saturated carbocycles. The highest BCUT2D eigenvalue weighted by Crippen LogP contribution is 2.13. The van der Waals surface area contributed by atoms with Crippen molar-refractivity contribution in [1.82, 2.24) is 14.7 Å². The van der Waals surface area contributed by atoms with Gasteiger partial charge < -0.3 is 9.14 Å². The van der Waals surface area contributed by atoms with Crippen LogP contribution in [-0.2, 0) is 16.1 Å². The van der Waals surface area contributed by atoms with Crippen molar-refractivity contribution in [3.63, 3.8) is 0 Å². The molecular formula is C14H19N3O2. The standard InChI is InChI=1S/C14H19N3O2/c1-10-11(9-15-14(2,3)13(18)19-4)17-8-6-5-7-12(17)16-10/h5-8,15H,9H2,1-4H3. The summed E-state index contributed by atoms with van der Waals surface area (Å²) in [5, 5.41) is 3.21. The van der Waals surface area contributed by atoms with Gasteiger partial charge in [0.25, 0.3) is 0 Å². The van der Waals surface area contributed by atoms with Gasteiger partial charge in [-0.25, -0.2) is 4.98 Å². The Hall–Kier alpha value is -1.88. The number of imidazole rings is 1. The number of nitrogens with zero attached hydrogens (tertiary/aromatic N) is 2. The molecule has 5 heteroatoms. The fourth-order valence-electron chi connectivity index (χ4n) is 2.01. The first-order valence-corrected chi connectivity index (χ1v) is 6.21. The van der Waals surface area contributed by atoms with Gasteiger partial charge in [0, 0.05) is 12.7 Å². The second kappa shape index (κ2) is 5.01. The van der Waals surface area contributed by atoms with Crippen LogP contribution < -0.4 is 5.32 Å². The fraction of sp³-hybridized carbons (Fsp3) is 0.429. The maximum absolute atomic E-state index is 11.6. The molecule has 5 nitrogen and oxygen atoms in total. The van der Waals surface area contributed by atoms with Crippen LogP contribution in [-0.4, -0.2) is 28.0 Å². The Balaban J connectivity index is 2.23. The molecule has 0 fully saturated rings. The maximum Gasteiger partial charge on any atom is 0.325 e. The molecule has 0 aliphatic heterocycles. The lowest BCUT2D eigenvalue weighted by molar-refractivity contribution is -0.147. The number of ether oxygens (including phenoxy) is 1. The maximum atomic E-state index is 11.6. The predicted octanol–water partition coefficient (Wildman–Crippen LogP) is 1.68. The number of hydrogen-bond donors (Lipinski definition) is 1. The lowest BCUT2D eigenvalue weighted by Crippen LogP contribution is -2.47. The first-order valence-electron chi connectivity index (χ1n) is 6.21. The zero-order valence-corrected chi connectivity index (χ0v) is 11.7. The number of carbonyl (C=O) groups is 1. The summed E-state index contributed by atoms with van der Waals surface area (Å²) in [5.74, 6) is -0.279. The first-order chi connectivity index (χ1) is 8.95. The molecule has 0 saturated heterocycles. The lowest BCUT2D eigenvalue weighted by atomic mass is 10.1. The van der Waals surface area contributed by atoms with Gasteiger partial charge in [0.2, 0.25) is 0 Å². The number of esters is 1. The Morgan fingerprint density at radius 2 is 2.21 bits per heavy atom. The van der Waals surface area contributed by atoms with Gasteiger partial charge in [-0.05, 0) is 32.9 Å². The van der Waals surface area contributed by atoms with Crippen LogP contribution in [0.25, 0.3) is 5.65 Å². The van der Waals surface area contributed by atoms with Crippen LogP contribution in [0, 0.1) is 6.92 Å². The number of methoxy groups -OCH3 is 1. The second-order valence-electron chi connectivity index (χ2n) is 5.04. The van der Waals surface area contributed by atoms with Crippen LogP contribution in [0.1, 0.15) is 25.2 Å². The summed E-state index contributed by atoms with van der Waals surface area (Å²) in [7, 11) is 1.39. The van der Waals surface area contributed by atoms with E-state index in [-0.39, 0.29) is 5.97 Å². The third kappa shape index (κ3) is 2.61. The minimum absolute atomic E-state index is 0.279. The van der Waals surface area contributed by atoms with Crippen molar-refractivity contribution in [2.45, 2.75) is 32.9 Å². The van der Waals surface area contributed by atoms with E-state index in [9.17, 15) is 4.79 Å². The summed E-state index contributed by atoms with van der Waals surface area (Å²) < 4.78 is 6.80. The molecule has 0 spiro atoms. The van der Waals surface area contributed by atoms with Crippen LogP contribution in [0.5, 0.6) is 0 Å². The third-order valence-electron chi connectivity index (χ3n) is 3.22. The van der Waals surface area contributed by atoms with Crippen LogP contribution in [0.4, 0.5) is 0 Å². The molecule has 2 heterocycles. The van der Waals surface area contributed by atoms with E-state index in [1.54, 1.807) is 13.8 Å². The van der Waals surface area contributed by atoms with Gasteiger partial charge in [-0.1, -0.05) is 6.07 Å². The lowest BCUT2D eigenvalue weighted by Gasteiger charge is -2.23. The van der Waals surface area contributed by atoms with Gasteiger partial charge in [0.1, 0.15) is 11.2 Å². The summed E-state index contributed by atoms with van der Waals surface area (Å²) in [4.78, 5) is 16.1. The highest BCUT2D eigenvalue weighted by molar-refractivity contribution is 5.79. The molecule has 0 aliphatic carbocycles.